The molecule has 1 N–H and O–H groups in total. The highest BCUT2D eigenvalue weighted by atomic mass is 16.4. The topological polar surface area (TPSA) is 54.4 Å². The molecule has 0 aliphatic heterocycles. The van der Waals surface area contributed by atoms with E-state index in [1.807, 2.05) is 0 Å². The molecule has 1 unspecified atom stereocenters. The minimum atomic E-state index is -0.789. The third kappa shape index (κ3) is 1.90. The molecule has 3 atom stereocenters. The van der Waals surface area contributed by atoms with Crippen LogP contribution in [0.5, 0.6) is 0 Å². The fraction of sp³-hybridized carbons (Fsp3) is 0.857. The Hall–Kier alpha value is -0.860. The predicted octanol–water partition coefficient (Wildman–Crippen LogP) is 2.88. The van der Waals surface area contributed by atoms with Crippen LogP contribution in [0, 0.1) is 22.7 Å². The van der Waals surface area contributed by atoms with Crippen LogP contribution in [0.15, 0.2) is 0 Å². The molecule has 2 aliphatic rings. The molecule has 0 heterocycles. The largest absolute Gasteiger partial charge is 0.481 e. The van der Waals surface area contributed by atoms with Gasteiger partial charge >= 0.3 is 5.97 Å². The summed E-state index contributed by atoms with van der Waals surface area (Å²) < 4.78 is 0. The van der Waals surface area contributed by atoms with E-state index in [0.29, 0.717) is 6.42 Å². The van der Waals surface area contributed by atoms with Crippen LogP contribution in [-0.2, 0) is 9.59 Å². The molecule has 0 spiro atoms. The summed E-state index contributed by atoms with van der Waals surface area (Å²) in [5.74, 6) is -0.905. The van der Waals surface area contributed by atoms with E-state index >= 15 is 0 Å². The van der Waals surface area contributed by atoms with E-state index in [4.69, 9.17) is 0 Å². The van der Waals surface area contributed by atoms with Gasteiger partial charge in [-0.3, -0.25) is 9.59 Å². The Kier molecular flexibility index (Phi) is 2.83. The minimum Gasteiger partial charge on any atom is -0.481 e. The van der Waals surface area contributed by atoms with Crippen molar-refractivity contribution >= 4 is 11.8 Å². The lowest BCUT2D eigenvalue weighted by molar-refractivity contribution is -0.163. The van der Waals surface area contributed by atoms with E-state index in [-0.39, 0.29) is 29.0 Å². The van der Waals surface area contributed by atoms with Gasteiger partial charge < -0.3 is 5.11 Å². The van der Waals surface area contributed by atoms with Crippen LogP contribution in [0.4, 0.5) is 0 Å². The second kappa shape index (κ2) is 3.82. The molecule has 0 aromatic heterocycles. The Morgan fingerprint density at radius 2 is 1.88 bits per heavy atom. The molecule has 0 saturated heterocycles. The van der Waals surface area contributed by atoms with Crippen molar-refractivity contribution in [1.29, 1.82) is 0 Å². The van der Waals surface area contributed by atoms with Gasteiger partial charge in [0.15, 0.2) is 0 Å². The maximum atomic E-state index is 11.8. The summed E-state index contributed by atoms with van der Waals surface area (Å²) in [6, 6.07) is 0. The molecule has 0 aromatic carbocycles. The summed E-state index contributed by atoms with van der Waals surface area (Å²) in [6.45, 7) is 6.46. The van der Waals surface area contributed by atoms with Gasteiger partial charge in [-0.1, -0.05) is 27.2 Å². The first-order valence-electron chi connectivity index (χ1n) is 6.52. The van der Waals surface area contributed by atoms with Gasteiger partial charge in [0.25, 0.3) is 0 Å². The van der Waals surface area contributed by atoms with Crippen molar-refractivity contribution in [3.63, 3.8) is 0 Å². The smallest absolute Gasteiger partial charge is 0.307 e. The molecule has 17 heavy (non-hydrogen) atoms. The Bertz CT molecular complexity index is 358. The van der Waals surface area contributed by atoms with Crippen molar-refractivity contribution in [3.8, 4) is 0 Å². The molecule has 0 radical (unpaired) electrons. The molecule has 0 bridgehead atoms. The minimum absolute atomic E-state index is 0.0940. The van der Waals surface area contributed by atoms with E-state index in [1.54, 1.807) is 0 Å². The van der Waals surface area contributed by atoms with E-state index in [0.717, 1.165) is 19.3 Å². The van der Waals surface area contributed by atoms with Crippen LogP contribution in [0.25, 0.3) is 0 Å². The number of aliphatic carboxylic acids is 1. The van der Waals surface area contributed by atoms with Gasteiger partial charge in [0.1, 0.15) is 5.78 Å². The summed E-state index contributed by atoms with van der Waals surface area (Å²) in [6.07, 6.45) is 3.95. The number of hydrogen-bond donors (Lipinski definition) is 1. The molecule has 2 rings (SSSR count). The zero-order chi connectivity index (χ0) is 12.8. The molecule has 2 saturated carbocycles. The zero-order valence-electron chi connectivity index (χ0n) is 11.0. The van der Waals surface area contributed by atoms with Crippen molar-refractivity contribution in [1.82, 2.24) is 0 Å². The van der Waals surface area contributed by atoms with Crippen LogP contribution >= 0.6 is 0 Å². The maximum absolute atomic E-state index is 11.8. The van der Waals surface area contributed by atoms with Crippen molar-refractivity contribution < 1.29 is 14.7 Å². The first kappa shape index (κ1) is 12.6. The van der Waals surface area contributed by atoms with Gasteiger partial charge in [-0.2, -0.15) is 0 Å². The number of hydrogen-bond acceptors (Lipinski definition) is 2. The number of carboxylic acids is 1. The van der Waals surface area contributed by atoms with Gasteiger partial charge in [0.2, 0.25) is 0 Å². The molecular formula is C14H22O3. The Morgan fingerprint density at radius 1 is 1.24 bits per heavy atom. The van der Waals surface area contributed by atoms with Gasteiger partial charge in [0, 0.05) is 12.8 Å². The third-order valence-corrected chi connectivity index (χ3v) is 5.23. The lowest BCUT2D eigenvalue weighted by Crippen LogP contribution is -2.53. The molecule has 2 aliphatic carbocycles. The number of rotatable bonds is 1. The summed E-state index contributed by atoms with van der Waals surface area (Å²) in [5, 5.41) is 9.38. The standard InChI is InChI=1S/C14H22O3/c1-13(2)5-4-6-14(3)10(12(16)17)7-9(15)8-11(13)14/h10-11H,4-8H2,1-3H3,(H,16,17)/t10-,11?,14-/m1/s1. The van der Waals surface area contributed by atoms with Gasteiger partial charge in [-0.25, -0.2) is 0 Å². The molecular weight excluding hydrogens is 216 g/mol. The first-order chi connectivity index (χ1) is 7.77. The second-order valence-corrected chi connectivity index (χ2v) is 6.74. The van der Waals surface area contributed by atoms with E-state index in [2.05, 4.69) is 20.8 Å². The maximum Gasteiger partial charge on any atom is 0.307 e. The molecule has 3 heteroatoms. The summed E-state index contributed by atoms with van der Waals surface area (Å²) in [4.78, 5) is 23.2. The fourth-order valence-electron chi connectivity index (χ4n) is 4.23. The number of ketones is 1. The van der Waals surface area contributed by atoms with E-state index < -0.39 is 11.9 Å². The average Bonchev–Trinajstić information content (AvgIpc) is 2.19. The van der Waals surface area contributed by atoms with Crippen LogP contribution in [0.2, 0.25) is 0 Å². The third-order valence-electron chi connectivity index (χ3n) is 5.23. The Labute approximate surface area is 103 Å². The highest BCUT2D eigenvalue weighted by molar-refractivity contribution is 5.86. The number of Topliss-reactive ketones (excluding diaryl/α,β-unsaturated/α-hetero) is 1. The quantitative estimate of drug-likeness (QED) is 0.764. The van der Waals surface area contributed by atoms with Gasteiger partial charge in [-0.05, 0) is 29.6 Å². The lowest BCUT2D eigenvalue weighted by Gasteiger charge is -2.55. The number of carboxylic acid groups (broad SMARTS) is 1. The summed E-state index contributed by atoms with van der Waals surface area (Å²) >= 11 is 0. The monoisotopic (exact) mass is 238 g/mol. The van der Waals surface area contributed by atoms with Crippen molar-refractivity contribution in [2.24, 2.45) is 22.7 Å². The number of fused-ring (bicyclic) bond motifs is 1. The van der Waals surface area contributed by atoms with Crippen LogP contribution in [0.1, 0.15) is 52.9 Å². The Balaban J connectivity index is 2.40. The second-order valence-electron chi connectivity index (χ2n) is 6.74. The fourth-order valence-corrected chi connectivity index (χ4v) is 4.23. The first-order valence-corrected chi connectivity index (χ1v) is 6.52. The summed E-state index contributed by atoms with van der Waals surface area (Å²) in [5.41, 5.74) is -0.0989. The zero-order valence-corrected chi connectivity index (χ0v) is 11.0. The van der Waals surface area contributed by atoms with Crippen molar-refractivity contribution in [2.45, 2.75) is 52.9 Å². The number of carbonyl (C=O) groups excluding carboxylic acids is 1. The molecule has 0 aromatic rings. The van der Waals surface area contributed by atoms with Gasteiger partial charge in [-0.15, -0.1) is 0 Å². The van der Waals surface area contributed by atoms with E-state index in [1.165, 1.54) is 0 Å². The number of carbonyl (C=O) groups is 2. The van der Waals surface area contributed by atoms with Gasteiger partial charge in [0.05, 0.1) is 5.92 Å². The Morgan fingerprint density at radius 3 is 2.47 bits per heavy atom. The SMILES string of the molecule is CC1(C)CCC[C@@]2(C)C1CC(=O)C[C@@H]2C(=O)O. The predicted molar refractivity (Wildman–Crippen MR) is 64.6 cm³/mol. The van der Waals surface area contributed by atoms with Crippen molar-refractivity contribution in [2.75, 3.05) is 0 Å². The highest BCUT2D eigenvalue weighted by Crippen LogP contribution is 2.59. The lowest BCUT2D eigenvalue weighted by atomic mass is 9.48. The van der Waals surface area contributed by atoms with Crippen LogP contribution < -0.4 is 0 Å². The van der Waals surface area contributed by atoms with E-state index in [9.17, 15) is 14.7 Å². The molecule has 0 amide bonds. The van der Waals surface area contributed by atoms with Crippen LogP contribution in [0.3, 0.4) is 0 Å². The average molecular weight is 238 g/mol. The molecule has 2 fully saturated rings. The molecule has 96 valence electrons. The summed E-state index contributed by atoms with van der Waals surface area (Å²) in [7, 11) is 0. The highest BCUT2D eigenvalue weighted by Gasteiger charge is 2.56. The van der Waals surface area contributed by atoms with Crippen molar-refractivity contribution in [3.05, 3.63) is 0 Å². The molecule has 3 nitrogen and oxygen atoms in total. The normalized spacial score (nSPS) is 40.8. The van der Waals surface area contributed by atoms with Crippen LogP contribution in [-0.4, -0.2) is 16.9 Å².